The van der Waals surface area contributed by atoms with Crippen LogP contribution in [0.15, 0.2) is 65.6 Å². The molecule has 0 radical (unpaired) electrons. The highest BCUT2D eigenvalue weighted by atomic mass is 32.2. The number of carbonyl (C=O) groups is 1. The molecular formula is C22H21NO4S. The Morgan fingerprint density at radius 1 is 1.07 bits per heavy atom. The van der Waals surface area contributed by atoms with Crippen LogP contribution in [0.1, 0.15) is 24.5 Å². The molecule has 0 spiro atoms. The van der Waals surface area contributed by atoms with Crippen LogP contribution in [0, 0.1) is 0 Å². The average Bonchev–Trinajstić information content (AvgIpc) is 3.04. The first-order chi connectivity index (χ1) is 13.3. The summed E-state index contributed by atoms with van der Waals surface area (Å²) in [6.45, 7) is 1.79. The second-order valence-corrected chi connectivity index (χ2v) is 8.92. The van der Waals surface area contributed by atoms with Crippen molar-refractivity contribution in [1.29, 1.82) is 0 Å². The molecule has 0 saturated carbocycles. The van der Waals surface area contributed by atoms with E-state index in [4.69, 9.17) is 4.74 Å². The van der Waals surface area contributed by atoms with Crippen molar-refractivity contribution in [2.45, 2.75) is 30.1 Å². The second-order valence-electron chi connectivity index (χ2n) is 7.27. The monoisotopic (exact) mass is 395 g/mol. The summed E-state index contributed by atoms with van der Waals surface area (Å²) in [5.74, 6) is 0.219. The van der Waals surface area contributed by atoms with Gasteiger partial charge in [-0.05, 0) is 54.5 Å². The summed E-state index contributed by atoms with van der Waals surface area (Å²) in [7, 11) is -2.40. The number of nitrogens with one attached hydrogen (secondary N) is 1. The summed E-state index contributed by atoms with van der Waals surface area (Å²) in [6.07, 6.45) is 1.25. The Hall–Kier alpha value is -2.86. The van der Waals surface area contributed by atoms with Crippen molar-refractivity contribution in [2.75, 3.05) is 7.11 Å². The molecule has 0 fully saturated rings. The number of carbonyl (C=O) groups excluding carboxylic acids is 1. The topological polar surface area (TPSA) is 72.5 Å². The molecule has 5 nitrogen and oxygen atoms in total. The molecule has 1 amide bonds. The second kappa shape index (κ2) is 6.63. The molecule has 3 aromatic carbocycles. The third-order valence-corrected chi connectivity index (χ3v) is 6.96. The number of hydrogen-bond donors (Lipinski definition) is 1. The maximum absolute atomic E-state index is 13.1. The molecule has 4 rings (SSSR count). The van der Waals surface area contributed by atoms with Crippen molar-refractivity contribution in [1.82, 2.24) is 4.72 Å². The number of sulfonamides is 1. The van der Waals surface area contributed by atoms with Gasteiger partial charge in [0.05, 0.1) is 17.4 Å². The van der Waals surface area contributed by atoms with Gasteiger partial charge in [0.25, 0.3) is 10.0 Å². The summed E-state index contributed by atoms with van der Waals surface area (Å²) >= 11 is 0. The number of amides is 1. The molecular weight excluding hydrogens is 374 g/mol. The Bertz CT molecular complexity index is 1180. The number of rotatable bonds is 4. The van der Waals surface area contributed by atoms with Crippen molar-refractivity contribution >= 4 is 26.7 Å². The van der Waals surface area contributed by atoms with Crippen molar-refractivity contribution in [3.05, 3.63) is 71.8 Å². The molecule has 0 heterocycles. The lowest BCUT2D eigenvalue weighted by Crippen LogP contribution is -2.43. The minimum absolute atomic E-state index is 0.107. The quantitative estimate of drug-likeness (QED) is 0.733. The highest BCUT2D eigenvalue weighted by Crippen LogP contribution is 2.40. The van der Waals surface area contributed by atoms with Crippen LogP contribution in [-0.4, -0.2) is 21.4 Å². The van der Waals surface area contributed by atoms with Gasteiger partial charge in [-0.1, -0.05) is 42.5 Å². The number of benzene rings is 3. The van der Waals surface area contributed by atoms with Crippen LogP contribution in [0.5, 0.6) is 5.75 Å². The third kappa shape index (κ3) is 2.94. The van der Waals surface area contributed by atoms with Gasteiger partial charge in [-0.15, -0.1) is 0 Å². The Balaban J connectivity index is 1.69. The first kappa shape index (κ1) is 18.5. The largest absolute Gasteiger partial charge is 0.497 e. The van der Waals surface area contributed by atoms with Gasteiger partial charge >= 0.3 is 0 Å². The standard InChI is InChI=1S/C22H21NO4S/c1-22(13-12-16-14-17(27-2)10-11-19(16)22)21(24)23-28(25,26)20-9-5-7-15-6-3-4-8-18(15)20/h3-11,14H,12-13H2,1-2H3,(H,23,24)/t22-/m0/s1. The van der Waals surface area contributed by atoms with E-state index in [1.54, 1.807) is 38.3 Å². The summed E-state index contributed by atoms with van der Waals surface area (Å²) in [4.78, 5) is 13.2. The molecule has 144 valence electrons. The van der Waals surface area contributed by atoms with E-state index in [0.29, 0.717) is 18.2 Å². The van der Waals surface area contributed by atoms with Crippen LogP contribution in [0.2, 0.25) is 0 Å². The smallest absolute Gasteiger partial charge is 0.264 e. The predicted molar refractivity (Wildman–Crippen MR) is 108 cm³/mol. The number of ether oxygens (including phenoxy) is 1. The van der Waals surface area contributed by atoms with Gasteiger partial charge in [-0.25, -0.2) is 13.1 Å². The SMILES string of the molecule is COc1ccc2c(c1)CC[C@]2(C)C(=O)NS(=O)(=O)c1cccc2ccccc12. The first-order valence-corrected chi connectivity index (χ1v) is 10.6. The van der Waals surface area contributed by atoms with Crippen molar-refractivity contribution in [3.8, 4) is 5.75 Å². The van der Waals surface area contributed by atoms with Gasteiger partial charge in [0, 0.05) is 5.39 Å². The average molecular weight is 395 g/mol. The molecule has 0 saturated heterocycles. The molecule has 0 bridgehead atoms. The van der Waals surface area contributed by atoms with E-state index < -0.39 is 21.3 Å². The van der Waals surface area contributed by atoms with Crippen molar-refractivity contribution < 1.29 is 17.9 Å². The molecule has 1 aliphatic carbocycles. The van der Waals surface area contributed by atoms with Crippen LogP contribution < -0.4 is 9.46 Å². The fraction of sp³-hybridized carbons (Fsp3) is 0.227. The zero-order valence-electron chi connectivity index (χ0n) is 15.7. The van der Waals surface area contributed by atoms with E-state index in [9.17, 15) is 13.2 Å². The fourth-order valence-electron chi connectivity index (χ4n) is 3.92. The Morgan fingerprint density at radius 3 is 2.61 bits per heavy atom. The normalized spacial score (nSPS) is 18.6. The number of hydrogen-bond acceptors (Lipinski definition) is 4. The minimum Gasteiger partial charge on any atom is -0.497 e. The van der Waals surface area contributed by atoms with Crippen LogP contribution in [0.3, 0.4) is 0 Å². The highest BCUT2D eigenvalue weighted by Gasteiger charge is 2.42. The first-order valence-electron chi connectivity index (χ1n) is 9.07. The molecule has 1 N–H and O–H groups in total. The van der Waals surface area contributed by atoms with Gasteiger partial charge in [-0.2, -0.15) is 0 Å². The summed E-state index contributed by atoms with van der Waals surface area (Å²) in [5, 5.41) is 1.40. The zero-order chi connectivity index (χ0) is 19.9. The van der Waals surface area contributed by atoms with E-state index in [2.05, 4.69) is 4.72 Å². The molecule has 0 aliphatic heterocycles. The molecule has 3 aromatic rings. The van der Waals surface area contributed by atoms with Gasteiger partial charge in [0.2, 0.25) is 5.91 Å². The molecule has 0 aromatic heterocycles. The Labute approximate surface area is 164 Å². The number of fused-ring (bicyclic) bond motifs is 2. The summed E-state index contributed by atoms with van der Waals surface area (Å²) in [5.41, 5.74) is 0.956. The van der Waals surface area contributed by atoms with Gasteiger partial charge in [0.15, 0.2) is 0 Å². The lowest BCUT2D eigenvalue weighted by atomic mass is 9.83. The lowest BCUT2D eigenvalue weighted by Gasteiger charge is -2.24. The maximum Gasteiger partial charge on any atom is 0.264 e. The minimum atomic E-state index is -4.00. The molecule has 1 atom stereocenters. The Morgan fingerprint density at radius 2 is 1.82 bits per heavy atom. The van der Waals surface area contributed by atoms with Crippen LogP contribution >= 0.6 is 0 Å². The van der Waals surface area contributed by atoms with Crippen LogP contribution in [0.4, 0.5) is 0 Å². The molecule has 28 heavy (non-hydrogen) atoms. The number of methoxy groups -OCH3 is 1. The molecule has 1 aliphatic rings. The van der Waals surface area contributed by atoms with E-state index in [1.807, 2.05) is 30.3 Å². The summed E-state index contributed by atoms with van der Waals surface area (Å²) < 4.78 is 33.6. The lowest BCUT2D eigenvalue weighted by molar-refractivity contribution is -0.124. The van der Waals surface area contributed by atoms with Gasteiger partial charge in [0.1, 0.15) is 5.75 Å². The van der Waals surface area contributed by atoms with Gasteiger partial charge in [-0.3, -0.25) is 4.79 Å². The molecule has 0 unspecified atom stereocenters. The third-order valence-electron chi connectivity index (χ3n) is 5.57. The van der Waals surface area contributed by atoms with Crippen molar-refractivity contribution in [3.63, 3.8) is 0 Å². The van der Waals surface area contributed by atoms with Crippen molar-refractivity contribution in [2.24, 2.45) is 0 Å². The van der Waals surface area contributed by atoms with Gasteiger partial charge < -0.3 is 4.74 Å². The van der Waals surface area contributed by atoms with Crippen LogP contribution in [0.25, 0.3) is 10.8 Å². The van der Waals surface area contributed by atoms with Crippen LogP contribution in [-0.2, 0) is 26.7 Å². The fourth-order valence-corrected chi connectivity index (χ4v) is 5.23. The van der Waals surface area contributed by atoms with E-state index in [1.165, 1.54) is 6.07 Å². The van der Waals surface area contributed by atoms with E-state index in [0.717, 1.165) is 22.3 Å². The van der Waals surface area contributed by atoms with E-state index in [-0.39, 0.29) is 4.90 Å². The molecule has 6 heteroatoms. The Kier molecular flexibility index (Phi) is 4.38. The maximum atomic E-state index is 13.1. The summed E-state index contributed by atoms with van der Waals surface area (Å²) in [6, 6.07) is 17.8. The predicted octanol–water partition coefficient (Wildman–Crippen LogP) is 3.56. The zero-order valence-corrected chi connectivity index (χ0v) is 16.5. The van der Waals surface area contributed by atoms with E-state index >= 15 is 0 Å². The number of aryl methyl sites for hydroxylation is 1. The highest BCUT2D eigenvalue weighted by molar-refractivity contribution is 7.90.